The fourth-order valence-corrected chi connectivity index (χ4v) is 3.84. The van der Waals surface area contributed by atoms with Gasteiger partial charge in [-0.2, -0.15) is 0 Å². The number of hydrogen-bond donors (Lipinski definition) is 1. The van der Waals surface area contributed by atoms with Gasteiger partial charge in [-0.3, -0.25) is 4.57 Å². The van der Waals surface area contributed by atoms with Crippen molar-refractivity contribution in [1.29, 1.82) is 0 Å². The van der Waals surface area contributed by atoms with E-state index in [4.69, 9.17) is 9.05 Å². The van der Waals surface area contributed by atoms with E-state index in [0.717, 1.165) is 19.4 Å². The highest BCUT2D eigenvalue weighted by molar-refractivity contribution is 7.55. The first kappa shape index (κ1) is 12.2. The average Bonchev–Trinajstić information content (AvgIpc) is 2.54. The van der Waals surface area contributed by atoms with Crippen LogP contribution in [0.2, 0.25) is 0 Å². The molecule has 14 heavy (non-hydrogen) atoms. The zero-order valence-electron chi connectivity index (χ0n) is 9.21. The number of hydrogen-bond acceptors (Lipinski definition) is 4. The maximum absolute atomic E-state index is 12.4. The SMILES string of the molecule is CCOP(=O)(OCC)[C@@]1(C)CCCN1. The summed E-state index contributed by atoms with van der Waals surface area (Å²) in [5, 5.41) is 2.74. The fourth-order valence-electron chi connectivity index (χ4n) is 1.77. The molecule has 0 spiro atoms. The van der Waals surface area contributed by atoms with Crippen molar-refractivity contribution in [3.63, 3.8) is 0 Å². The number of rotatable bonds is 5. The molecule has 5 heteroatoms. The molecule has 0 unspecified atom stereocenters. The Balaban J connectivity index is 2.79. The predicted molar refractivity (Wildman–Crippen MR) is 56.5 cm³/mol. The molecule has 4 nitrogen and oxygen atoms in total. The average molecular weight is 221 g/mol. The third-order valence-corrected chi connectivity index (χ3v) is 5.34. The first-order valence-electron chi connectivity index (χ1n) is 5.22. The Labute approximate surface area is 85.9 Å². The molecule has 0 bridgehead atoms. The Morgan fingerprint density at radius 2 is 1.93 bits per heavy atom. The largest absolute Gasteiger partial charge is 0.350 e. The van der Waals surface area contributed by atoms with Crippen molar-refractivity contribution in [3.8, 4) is 0 Å². The molecule has 1 fully saturated rings. The van der Waals surface area contributed by atoms with Crippen LogP contribution in [0.15, 0.2) is 0 Å². The highest BCUT2D eigenvalue weighted by atomic mass is 31.2. The quantitative estimate of drug-likeness (QED) is 0.724. The van der Waals surface area contributed by atoms with Gasteiger partial charge in [-0.25, -0.2) is 0 Å². The van der Waals surface area contributed by atoms with Gasteiger partial charge in [0.25, 0.3) is 0 Å². The Morgan fingerprint density at radius 3 is 2.29 bits per heavy atom. The first-order chi connectivity index (χ1) is 6.58. The van der Waals surface area contributed by atoms with Crippen molar-refractivity contribution in [1.82, 2.24) is 5.32 Å². The summed E-state index contributed by atoms with van der Waals surface area (Å²) < 4.78 is 23.1. The van der Waals surface area contributed by atoms with E-state index in [9.17, 15) is 4.57 Å². The smallest absolute Gasteiger partial charge is 0.308 e. The molecule has 0 aromatic rings. The Hall–Kier alpha value is 0.110. The van der Waals surface area contributed by atoms with Gasteiger partial charge < -0.3 is 14.4 Å². The molecule has 0 radical (unpaired) electrons. The Bertz CT molecular complexity index is 216. The van der Waals surface area contributed by atoms with Crippen molar-refractivity contribution in [2.75, 3.05) is 19.8 Å². The van der Waals surface area contributed by atoms with E-state index in [1.807, 2.05) is 20.8 Å². The molecular formula is C9H20NO3P. The summed E-state index contributed by atoms with van der Waals surface area (Å²) in [6.45, 7) is 7.34. The van der Waals surface area contributed by atoms with Gasteiger partial charge in [-0.15, -0.1) is 0 Å². The molecule has 1 heterocycles. The normalized spacial score (nSPS) is 28.2. The van der Waals surface area contributed by atoms with Gasteiger partial charge in [-0.1, -0.05) is 0 Å². The van der Waals surface area contributed by atoms with Crippen molar-refractivity contribution < 1.29 is 13.6 Å². The summed E-state index contributed by atoms with van der Waals surface area (Å²) in [6, 6.07) is 0. The third-order valence-electron chi connectivity index (χ3n) is 2.55. The molecule has 1 rings (SSSR count). The molecular weight excluding hydrogens is 201 g/mol. The third kappa shape index (κ3) is 2.19. The molecule has 0 amide bonds. The van der Waals surface area contributed by atoms with Crippen LogP contribution in [-0.4, -0.2) is 25.0 Å². The highest BCUT2D eigenvalue weighted by Gasteiger charge is 2.48. The van der Waals surface area contributed by atoms with Crippen LogP contribution in [0.25, 0.3) is 0 Å². The van der Waals surface area contributed by atoms with Crippen LogP contribution < -0.4 is 5.32 Å². The van der Waals surface area contributed by atoms with Crippen LogP contribution in [-0.2, 0) is 13.6 Å². The summed E-state index contributed by atoms with van der Waals surface area (Å²) in [7, 11) is -2.99. The predicted octanol–water partition coefficient (Wildman–Crippen LogP) is 2.35. The minimum absolute atomic E-state index is 0.425. The van der Waals surface area contributed by atoms with Crippen LogP contribution in [0, 0.1) is 0 Å². The maximum Gasteiger partial charge on any atom is 0.350 e. The molecule has 0 saturated carbocycles. The van der Waals surface area contributed by atoms with E-state index in [0.29, 0.717) is 13.2 Å². The monoisotopic (exact) mass is 221 g/mol. The van der Waals surface area contributed by atoms with Gasteiger partial charge in [0, 0.05) is 0 Å². The van der Waals surface area contributed by atoms with Crippen LogP contribution in [0.3, 0.4) is 0 Å². The summed E-state index contributed by atoms with van der Waals surface area (Å²) in [5.74, 6) is 0. The van der Waals surface area contributed by atoms with Crippen LogP contribution in [0.5, 0.6) is 0 Å². The second-order valence-electron chi connectivity index (χ2n) is 3.64. The van der Waals surface area contributed by atoms with Gasteiger partial charge in [-0.05, 0) is 40.2 Å². The first-order valence-corrected chi connectivity index (χ1v) is 6.76. The van der Waals surface area contributed by atoms with Crippen molar-refractivity contribution in [2.24, 2.45) is 0 Å². The summed E-state index contributed by atoms with van der Waals surface area (Å²) in [6.07, 6.45) is 1.88. The van der Waals surface area contributed by atoms with E-state index in [1.54, 1.807) is 0 Å². The van der Waals surface area contributed by atoms with Gasteiger partial charge in [0.15, 0.2) is 0 Å². The van der Waals surface area contributed by atoms with Crippen LogP contribution in [0.4, 0.5) is 0 Å². The topological polar surface area (TPSA) is 47.6 Å². The molecule has 1 aliphatic rings. The van der Waals surface area contributed by atoms with E-state index in [1.165, 1.54) is 0 Å². The minimum atomic E-state index is -2.99. The van der Waals surface area contributed by atoms with E-state index < -0.39 is 12.9 Å². The van der Waals surface area contributed by atoms with Crippen molar-refractivity contribution in [3.05, 3.63) is 0 Å². The lowest BCUT2D eigenvalue weighted by molar-refractivity contribution is 0.194. The minimum Gasteiger partial charge on any atom is -0.308 e. The lowest BCUT2D eigenvalue weighted by atomic mass is 10.2. The van der Waals surface area contributed by atoms with Gasteiger partial charge in [0.05, 0.1) is 13.2 Å². The molecule has 84 valence electrons. The summed E-state index contributed by atoms with van der Waals surface area (Å²) in [4.78, 5) is 0. The van der Waals surface area contributed by atoms with Crippen LogP contribution in [0.1, 0.15) is 33.6 Å². The van der Waals surface area contributed by atoms with Crippen molar-refractivity contribution in [2.45, 2.75) is 38.9 Å². The molecule has 1 saturated heterocycles. The zero-order valence-corrected chi connectivity index (χ0v) is 10.1. The van der Waals surface area contributed by atoms with E-state index >= 15 is 0 Å². The molecule has 1 N–H and O–H groups in total. The van der Waals surface area contributed by atoms with Gasteiger partial charge in [0.2, 0.25) is 0 Å². The lowest BCUT2D eigenvalue weighted by Crippen LogP contribution is -2.37. The Morgan fingerprint density at radius 1 is 1.36 bits per heavy atom. The molecule has 0 aromatic heterocycles. The van der Waals surface area contributed by atoms with Crippen molar-refractivity contribution >= 4 is 7.60 Å². The van der Waals surface area contributed by atoms with Gasteiger partial charge in [0.1, 0.15) is 5.28 Å². The second-order valence-corrected chi connectivity index (χ2v) is 6.14. The molecule has 1 atom stereocenters. The zero-order chi connectivity index (χ0) is 10.7. The van der Waals surface area contributed by atoms with E-state index in [2.05, 4.69) is 5.32 Å². The Kier molecular flexibility index (Phi) is 4.14. The van der Waals surface area contributed by atoms with Crippen LogP contribution >= 0.6 is 7.60 Å². The van der Waals surface area contributed by atoms with E-state index in [-0.39, 0.29) is 0 Å². The number of nitrogens with one attached hydrogen (secondary N) is 1. The standard InChI is InChI=1S/C9H20NO3P/c1-4-12-14(11,13-5-2)9(3)7-6-8-10-9/h10H,4-8H2,1-3H3/t9-/m0/s1. The maximum atomic E-state index is 12.4. The molecule has 0 aliphatic carbocycles. The fraction of sp³-hybridized carbons (Fsp3) is 1.00. The summed E-state index contributed by atoms with van der Waals surface area (Å²) in [5.41, 5.74) is 0. The second kappa shape index (κ2) is 4.75. The molecule has 0 aromatic carbocycles. The lowest BCUT2D eigenvalue weighted by Gasteiger charge is -2.32. The molecule has 1 aliphatic heterocycles. The summed E-state index contributed by atoms with van der Waals surface area (Å²) >= 11 is 0. The highest BCUT2D eigenvalue weighted by Crippen LogP contribution is 2.61. The van der Waals surface area contributed by atoms with Gasteiger partial charge >= 0.3 is 7.60 Å².